The Morgan fingerprint density at radius 3 is 1.02 bits per heavy atom. The first kappa shape index (κ1) is 73.2. The predicted octanol–water partition coefficient (Wildman–Crippen LogP) is 11.8. The average molecular weight is 1480 g/mol. The van der Waals surface area contributed by atoms with Crippen molar-refractivity contribution < 1.29 is 81.3 Å². The maximum absolute atomic E-state index is 14.4. The van der Waals surface area contributed by atoms with Crippen LogP contribution in [0.2, 0.25) is 0 Å². The van der Waals surface area contributed by atoms with Crippen LogP contribution < -0.4 is 14.7 Å². The zero-order chi connectivity index (χ0) is 73.3. The summed E-state index contributed by atoms with van der Waals surface area (Å²) in [6, 6.07) is 17.2. The summed E-state index contributed by atoms with van der Waals surface area (Å²) in [6.07, 6.45) is 18.0. The highest BCUT2D eigenvalue weighted by Crippen LogP contribution is 2.53. The second-order valence-corrected chi connectivity index (χ2v) is 33.5. The van der Waals surface area contributed by atoms with Crippen LogP contribution in [-0.4, -0.2) is 250 Å². The number of hydrogen-bond acceptors (Lipinski definition) is 17. The van der Waals surface area contributed by atoms with E-state index in [9.17, 15) is 41.9 Å². The fourth-order valence-electron chi connectivity index (χ4n) is 21.8. The van der Waals surface area contributed by atoms with Gasteiger partial charge in [-0.05, 0) is 240 Å². The SMILES string of the molecule is CC(=O)N1CC2(CCN(C3CC4CCC(C3)N4C(=O)OC(C)C)CC2)c2cc(F)ccc21.COC(=O)N1CC2(CCN(C3CC4CCC(C3)N4C(=O)O[C@H]3CCOC3)CC2)c2cc(F)ccc21.O=C(O[C@@H]1CCOC1)N1CC2(CCN(C3CC4CCC(C3)N4C(=O)O[C@H]3CCOC3)CC2)c2cc(F)ccc21.[HH]. The predicted molar refractivity (Wildman–Crippen MR) is 388 cm³/mol. The quantitative estimate of drug-likeness (QED) is 0.202. The van der Waals surface area contributed by atoms with Crippen LogP contribution in [0.1, 0.15) is 174 Å². The van der Waals surface area contributed by atoms with Crippen LogP contribution in [-0.2, 0) is 58.9 Å². The van der Waals surface area contributed by atoms with Crippen molar-refractivity contribution in [1.82, 2.24) is 29.4 Å². The number of ether oxygens (including phenoxy) is 8. The summed E-state index contributed by atoms with van der Waals surface area (Å²) in [7, 11) is 1.39. The molecule has 578 valence electrons. The lowest BCUT2D eigenvalue weighted by Crippen LogP contribution is -2.56. The summed E-state index contributed by atoms with van der Waals surface area (Å²) in [6.45, 7) is 16.0. The molecule has 0 aliphatic carbocycles. The number of rotatable bonds is 7. The van der Waals surface area contributed by atoms with Gasteiger partial charge in [0.25, 0.3) is 0 Å². The van der Waals surface area contributed by atoms with E-state index in [1.807, 2.05) is 33.4 Å². The molecule has 23 nitrogen and oxygen atoms in total. The van der Waals surface area contributed by atoms with Crippen molar-refractivity contribution in [2.24, 2.45) is 0 Å². The van der Waals surface area contributed by atoms with Crippen molar-refractivity contribution in [1.29, 1.82) is 0 Å². The molecule has 18 rings (SSSR count). The summed E-state index contributed by atoms with van der Waals surface area (Å²) in [5, 5.41) is 0. The minimum atomic E-state index is -0.392. The molecule has 26 heteroatoms. The number of fused-ring (bicyclic) bond motifs is 12. The number of hydrogen-bond donors (Lipinski definition) is 0. The van der Waals surface area contributed by atoms with Crippen molar-refractivity contribution in [2.75, 3.05) is 120 Å². The summed E-state index contributed by atoms with van der Waals surface area (Å²) < 4.78 is 86.6. The Bertz CT molecular complexity index is 3720. The maximum atomic E-state index is 14.4. The van der Waals surface area contributed by atoms with Crippen LogP contribution in [0.5, 0.6) is 0 Å². The lowest BCUT2D eigenvalue weighted by atomic mass is 9.73. The summed E-state index contributed by atoms with van der Waals surface area (Å²) >= 11 is 0. The van der Waals surface area contributed by atoms with Gasteiger partial charge in [-0.15, -0.1) is 0 Å². The van der Waals surface area contributed by atoms with Crippen LogP contribution in [0.15, 0.2) is 54.6 Å². The van der Waals surface area contributed by atoms with Crippen LogP contribution in [0.25, 0.3) is 0 Å². The molecule has 15 aliphatic rings. The highest BCUT2D eigenvalue weighted by Gasteiger charge is 2.55. The molecular weight excluding hydrogens is 1370 g/mol. The first-order valence-corrected chi connectivity index (χ1v) is 39.7. The molecule has 0 saturated carbocycles. The molecule has 0 radical (unpaired) electrons. The Labute approximate surface area is 621 Å². The largest absolute Gasteiger partial charge is 0.452 e. The van der Waals surface area contributed by atoms with Crippen molar-refractivity contribution in [3.63, 3.8) is 0 Å². The normalized spacial score (nSPS) is 31.5. The zero-order valence-electron chi connectivity index (χ0n) is 62.0. The van der Waals surface area contributed by atoms with Gasteiger partial charge in [0.1, 0.15) is 35.8 Å². The van der Waals surface area contributed by atoms with Gasteiger partial charge in [0.15, 0.2) is 0 Å². The average Bonchev–Trinajstić information content (AvgIpc) is 1.60. The van der Waals surface area contributed by atoms with E-state index >= 15 is 0 Å². The Kier molecular flexibility index (Phi) is 20.8. The van der Waals surface area contributed by atoms with Gasteiger partial charge < -0.3 is 72.2 Å². The van der Waals surface area contributed by atoms with Gasteiger partial charge in [0.2, 0.25) is 5.91 Å². The Morgan fingerprint density at radius 2 is 0.717 bits per heavy atom. The third-order valence-corrected chi connectivity index (χ3v) is 27.2. The molecule has 3 aromatic rings. The molecule has 3 aromatic carbocycles. The number of piperidine rings is 6. The Hall–Kier alpha value is -6.97. The minimum Gasteiger partial charge on any atom is -0.452 e. The molecule has 0 aromatic heterocycles. The van der Waals surface area contributed by atoms with Crippen LogP contribution in [0.4, 0.5) is 54.2 Å². The van der Waals surface area contributed by atoms with E-state index in [4.69, 9.17) is 37.9 Å². The van der Waals surface area contributed by atoms with E-state index in [2.05, 4.69) is 14.7 Å². The van der Waals surface area contributed by atoms with Gasteiger partial charge in [0, 0.05) is 124 Å². The second-order valence-electron chi connectivity index (χ2n) is 33.5. The highest BCUT2D eigenvalue weighted by atomic mass is 19.1. The minimum absolute atomic E-state index is 0. The molecular formula is C80H108F3N9O14. The molecule has 12 saturated heterocycles. The van der Waals surface area contributed by atoms with Gasteiger partial charge in [-0.3, -0.25) is 14.6 Å². The monoisotopic (exact) mass is 1480 g/mol. The molecule has 15 aliphatic heterocycles. The number of carbonyl (C=O) groups is 6. The first-order chi connectivity index (χ1) is 51.2. The van der Waals surface area contributed by atoms with E-state index in [1.165, 1.54) is 25.3 Å². The Balaban J connectivity index is 0.000000128. The zero-order valence-corrected chi connectivity index (χ0v) is 62.0. The van der Waals surface area contributed by atoms with Gasteiger partial charge in [-0.25, -0.2) is 37.1 Å². The molecule has 9 atom stereocenters. The molecule has 15 heterocycles. The van der Waals surface area contributed by atoms with E-state index in [0.717, 1.165) is 201 Å². The van der Waals surface area contributed by atoms with Crippen LogP contribution in [0, 0.1) is 17.5 Å². The summed E-state index contributed by atoms with van der Waals surface area (Å²) in [4.78, 5) is 95.2. The van der Waals surface area contributed by atoms with E-state index in [1.54, 1.807) is 53.1 Å². The molecule has 3 spiro atoms. The number of likely N-dealkylation sites (tertiary alicyclic amines) is 3. The maximum Gasteiger partial charge on any atom is 0.414 e. The molecule has 0 N–H and O–H groups in total. The summed E-state index contributed by atoms with van der Waals surface area (Å²) in [5.41, 5.74) is 4.60. The van der Waals surface area contributed by atoms with E-state index in [0.29, 0.717) is 83.8 Å². The number of nitrogens with zero attached hydrogens (tertiary/aromatic N) is 9. The number of amides is 6. The van der Waals surface area contributed by atoms with Gasteiger partial charge in [-0.2, -0.15) is 0 Å². The molecule has 106 heavy (non-hydrogen) atoms. The first-order valence-electron chi connectivity index (χ1n) is 39.7. The molecule has 6 bridgehead atoms. The molecule has 6 amide bonds. The summed E-state index contributed by atoms with van der Waals surface area (Å²) in [5.74, 6) is -0.741. The lowest BCUT2D eigenvalue weighted by Gasteiger charge is -2.47. The Morgan fingerprint density at radius 1 is 0.415 bits per heavy atom. The van der Waals surface area contributed by atoms with Gasteiger partial charge in [-0.1, -0.05) is 0 Å². The van der Waals surface area contributed by atoms with E-state index in [-0.39, 0.29) is 126 Å². The van der Waals surface area contributed by atoms with Crippen molar-refractivity contribution in [3.8, 4) is 0 Å². The topological polar surface area (TPSA) is 205 Å². The van der Waals surface area contributed by atoms with Crippen molar-refractivity contribution in [2.45, 2.75) is 251 Å². The fourth-order valence-corrected chi connectivity index (χ4v) is 21.8. The number of methoxy groups -OCH3 is 1. The van der Waals surface area contributed by atoms with Crippen LogP contribution >= 0.6 is 0 Å². The van der Waals surface area contributed by atoms with Crippen LogP contribution in [0.3, 0.4) is 0 Å². The molecule has 6 unspecified atom stereocenters. The number of carbonyl (C=O) groups excluding carboxylic acids is 6. The highest BCUT2D eigenvalue weighted by molar-refractivity contribution is 5.95. The third-order valence-electron chi connectivity index (χ3n) is 27.2. The van der Waals surface area contributed by atoms with E-state index < -0.39 is 6.09 Å². The third kappa shape index (κ3) is 14.2. The molecule has 12 fully saturated rings. The number of benzene rings is 3. The van der Waals surface area contributed by atoms with Gasteiger partial charge >= 0.3 is 30.5 Å². The fraction of sp³-hybridized carbons (Fsp3) is 0.700. The van der Waals surface area contributed by atoms with Gasteiger partial charge in [0.05, 0.1) is 64.2 Å². The van der Waals surface area contributed by atoms with Crippen molar-refractivity contribution >= 4 is 53.4 Å². The lowest BCUT2D eigenvalue weighted by molar-refractivity contribution is -0.116. The van der Waals surface area contributed by atoms with Crippen molar-refractivity contribution in [3.05, 3.63) is 88.7 Å². The smallest absolute Gasteiger partial charge is 0.414 e. The number of anilines is 3. The number of halogens is 3. The second kappa shape index (κ2) is 30.1. The standard InChI is InChI=1S/C29H38FN3O6.C26H34FN3O5.C25H34FN3O3.H2/c30-19-1-4-26-25(13-19)29(18-32(26)27(34)38-23-5-11-36-16-23)7-9-31(10-8-29)22-14-20-2-3-21(15-22)33(20)28(35)39-24-6-12-37-17-24;1-33-24(31)29-16-26(22-12-17(27)2-5-23(22)29)7-9-28(10-8-26)20-13-18-3-4-19(14-20)30(18)25(32)35-21-6-11-34-15-21;1-16(2)32-24(31)29-19-5-6-20(29)14-21(13-19)27-10-8-25(9-11-27)15-28(17(3)30)23-7-4-18(26)12-22(23)25;/h1,4,13,20-24H,2-3,5-12,14-18H2;2,5,12,18-21H,3-4,6-11,13-16H2,1H3;4,7,12,16,19-21H,5-6,8-11,13-15H2,1-3H3;1H/t20?,21?,22?,23-,24+;18?,19?,20?,21-;;/m10../s1.